The maximum atomic E-state index is 6.19. The summed E-state index contributed by atoms with van der Waals surface area (Å²) in [4.78, 5) is 2.23. The van der Waals surface area contributed by atoms with Crippen LogP contribution in [0.25, 0.3) is 22.1 Å². The van der Waals surface area contributed by atoms with Crippen LogP contribution in [0.1, 0.15) is 30.0 Å². The molecular formula is C27H32N4O3S. The molecule has 3 heterocycles. The third-order valence-electron chi connectivity index (χ3n) is 6.57. The van der Waals surface area contributed by atoms with Crippen LogP contribution in [0.15, 0.2) is 52.0 Å². The van der Waals surface area contributed by atoms with Gasteiger partial charge in [-0.25, -0.2) is 0 Å². The van der Waals surface area contributed by atoms with E-state index in [-0.39, 0.29) is 6.10 Å². The van der Waals surface area contributed by atoms with Gasteiger partial charge in [0, 0.05) is 29.7 Å². The molecular weight excluding hydrogens is 460 g/mol. The Morgan fingerprint density at radius 3 is 2.71 bits per heavy atom. The van der Waals surface area contributed by atoms with Gasteiger partial charge in [-0.15, -0.1) is 10.2 Å². The van der Waals surface area contributed by atoms with Crippen LogP contribution in [-0.4, -0.2) is 52.8 Å². The molecule has 5 rings (SSSR count). The lowest BCUT2D eigenvalue weighted by atomic mass is 10.0. The fraction of sp³-hybridized carbons (Fsp3) is 0.407. The minimum atomic E-state index is 0.240. The molecule has 4 aromatic rings. The summed E-state index contributed by atoms with van der Waals surface area (Å²) in [6.45, 7) is 5.03. The number of aryl methyl sites for hydroxylation is 1. The quantitative estimate of drug-likeness (QED) is 0.284. The predicted octanol–water partition coefficient (Wildman–Crippen LogP) is 5.54. The van der Waals surface area contributed by atoms with Crippen LogP contribution in [-0.2, 0) is 24.4 Å². The highest BCUT2D eigenvalue weighted by atomic mass is 32.2. The van der Waals surface area contributed by atoms with Crippen LogP contribution < -0.4 is 4.74 Å². The molecule has 1 unspecified atom stereocenters. The fourth-order valence-corrected chi connectivity index (χ4v) is 5.44. The highest BCUT2D eigenvalue weighted by Gasteiger charge is 2.22. The van der Waals surface area contributed by atoms with Gasteiger partial charge in [-0.1, -0.05) is 42.1 Å². The average Bonchev–Trinajstić information content (AvgIpc) is 3.58. The second kappa shape index (κ2) is 10.4. The Balaban J connectivity index is 1.39. The number of aromatic nitrogens is 3. The van der Waals surface area contributed by atoms with Crippen molar-refractivity contribution in [1.82, 2.24) is 19.7 Å². The number of hydrogen-bond acceptors (Lipinski definition) is 7. The summed E-state index contributed by atoms with van der Waals surface area (Å²) in [5.74, 6) is 2.71. The molecule has 1 saturated heterocycles. The van der Waals surface area contributed by atoms with Crippen molar-refractivity contribution >= 4 is 22.7 Å². The van der Waals surface area contributed by atoms with E-state index in [0.29, 0.717) is 13.1 Å². The number of hydrogen-bond donors (Lipinski definition) is 0. The lowest BCUT2D eigenvalue weighted by molar-refractivity contribution is 0.0934. The molecule has 35 heavy (non-hydrogen) atoms. The molecule has 0 saturated carbocycles. The Hall–Kier alpha value is -2.81. The Labute approximate surface area is 210 Å². The van der Waals surface area contributed by atoms with Crippen molar-refractivity contribution in [3.05, 3.63) is 59.6 Å². The lowest BCUT2D eigenvalue weighted by Gasteiger charge is -2.20. The van der Waals surface area contributed by atoms with E-state index in [4.69, 9.17) is 13.9 Å². The number of nitrogens with zero attached hydrogens (tertiary/aromatic N) is 4. The van der Waals surface area contributed by atoms with Crippen LogP contribution in [0.5, 0.6) is 5.75 Å². The average molecular weight is 493 g/mol. The van der Waals surface area contributed by atoms with Gasteiger partial charge in [0.2, 0.25) is 0 Å². The number of thioether (sulfide) groups is 1. The van der Waals surface area contributed by atoms with Crippen LogP contribution >= 0.6 is 11.8 Å². The molecule has 0 bridgehead atoms. The monoisotopic (exact) mass is 492 g/mol. The van der Waals surface area contributed by atoms with Crippen molar-refractivity contribution in [2.45, 2.75) is 50.7 Å². The van der Waals surface area contributed by atoms with E-state index in [2.05, 4.69) is 51.0 Å². The van der Waals surface area contributed by atoms with E-state index in [1.54, 1.807) is 18.9 Å². The zero-order chi connectivity index (χ0) is 24.4. The molecule has 1 aliphatic rings. The van der Waals surface area contributed by atoms with Gasteiger partial charge >= 0.3 is 0 Å². The molecule has 0 spiro atoms. The molecule has 0 N–H and O–H groups in total. The highest BCUT2D eigenvalue weighted by molar-refractivity contribution is 7.98. The van der Waals surface area contributed by atoms with Crippen molar-refractivity contribution in [1.29, 1.82) is 0 Å². The number of fused-ring (bicyclic) bond motifs is 1. The van der Waals surface area contributed by atoms with Gasteiger partial charge < -0.3 is 18.5 Å². The Kier molecular flexibility index (Phi) is 7.13. The van der Waals surface area contributed by atoms with Crippen molar-refractivity contribution in [3.8, 4) is 16.9 Å². The SMILES string of the molecule is COc1cc2c(-c3ccccc3)c(C)oc2cc1CN(C)Cc1nnc(SC)n1CC1CCCO1. The van der Waals surface area contributed by atoms with Gasteiger partial charge in [0.15, 0.2) is 5.16 Å². The van der Waals surface area contributed by atoms with Gasteiger partial charge in [-0.3, -0.25) is 4.90 Å². The minimum absolute atomic E-state index is 0.240. The van der Waals surface area contributed by atoms with E-state index in [0.717, 1.165) is 76.1 Å². The van der Waals surface area contributed by atoms with Gasteiger partial charge in [0.25, 0.3) is 0 Å². The normalized spacial score (nSPS) is 16.0. The van der Waals surface area contributed by atoms with Gasteiger partial charge in [-0.2, -0.15) is 0 Å². The first-order valence-electron chi connectivity index (χ1n) is 12.0. The van der Waals surface area contributed by atoms with E-state index in [9.17, 15) is 0 Å². The van der Waals surface area contributed by atoms with E-state index in [1.165, 1.54) is 0 Å². The van der Waals surface area contributed by atoms with Crippen molar-refractivity contribution in [2.24, 2.45) is 0 Å². The van der Waals surface area contributed by atoms with E-state index < -0.39 is 0 Å². The molecule has 0 radical (unpaired) electrons. The number of ether oxygens (including phenoxy) is 2. The van der Waals surface area contributed by atoms with Gasteiger partial charge in [-0.05, 0) is 50.8 Å². The Morgan fingerprint density at radius 1 is 1.17 bits per heavy atom. The van der Waals surface area contributed by atoms with Crippen molar-refractivity contribution in [2.75, 3.05) is 27.0 Å². The maximum absolute atomic E-state index is 6.19. The van der Waals surface area contributed by atoms with Crippen molar-refractivity contribution < 1.29 is 13.9 Å². The molecule has 1 fully saturated rings. The molecule has 8 heteroatoms. The molecule has 184 valence electrons. The molecule has 0 amide bonds. The van der Waals surface area contributed by atoms with Gasteiger partial charge in [0.1, 0.15) is 22.9 Å². The Bertz CT molecular complexity index is 1300. The summed E-state index contributed by atoms with van der Waals surface area (Å²) in [6.07, 6.45) is 4.49. The number of rotatable bonds is 9. The minimum Gasteiger partial charge on any atom is -0.496 e. The zero-order valence-electron chi connectivity index (χ0n) is 20.8. The zero-order valence-corrected chi connectivity index (χ0v) is 21.6. The van der Waals surface area contributed by atoms with Crippen LogP contribution in [0.2, 0.25) is 0 Å². The fourth-order valence-electron chi connectivity index (χ4n) is 4.92. The first-order valence-corrected chi connectivity index (χ1v) is 13.2. The van der Waals surface area contributed by atoms with E-state index in [1.807, 2.05) is 31.4 Å². The van der Waals surface area contributed by atoms with E-state index >= 15 is 0 Å². The predicted molar refractivity (Wildman–Crippen MR) is 139 cm³/mol. The van der Waals surface area contributed by atoms with Gasteiger partial charge in [0.05, 0.1) is 26.3 Å². The highest BCUT2D eigenvalue weighted by Crippen LogP contribution is 2.38. The first kappa shape index (κ1) is 23.9. The largest absolute Gasteiger partial charge is 0.496 e. The third-order valence-corrected chi connectivity index (χ3v) is 7.23. The second-order valence-electron chi connectivity index (χ2n) is 9.08. The third kappa shape index (κ3) is 4.96. The number of furan rings is 1. The molecule has 0 aliphatic carbocycles. The maximum Gasteiger partial charge on any atom is 0.191 e. The second-order valence-corrected chi connectivity index (χ2v) is 9.85. The summed E-state index contributed by atoms with van der Waals surface area (Å²) in [5, 5.41) is 10.9. The summed E-state index contributed by atoms with van der Waals surface area (Å²) >= 11 is 1.62. The first-order chi connectivity index (χ1) is 17.1. The topological polar surface area (TPSA) is 65.5 Å². The van der Waals surface area contributed by atoms with Crippen LogP contribution in [0.4, 0.5) is 0 Å². The lowest BCUT2D eigenvalue weighted by Crippen LogP contribution is -2.23. The molecule has 2 aromatic heterocycles. The van der Waals surface area contributed by atoms with Crippen molar-refractivity contribution in [3.63, 3.8) is 0 Å². The van der Waals surface area contributed by atoms with Crippen LogP contribution in [0, 0.1) is 6.92 Å². The Morgan fingerprint density at radius 2 is 2.00 bits per heavy atom. The summed E-state index contributed by atoms with van der Waals surface area (Å²) in [7, 11) is 3.82. The molecule has 2 aromatic carbocycles. The summed E-state index contributed by atoms with van der Waals surface area (Å²) in [5.41, 5.74) is 4.21. The smallest absolute Gasteiger partial charge is 0.191 e. The standard InChI is InChI=1S/C27H32N4O3S/c1-18-26(19-9-6-5-7-10-19)22-14-23(32-3)20(13-24(22)34-18)15-30(2)17-25-28-29-27(35-4)31(25)16-21-11-8-12-33-21/h5-7,9-10,13-14,21H,8,11-12,15-17H2,1-4H3. The number of methoxy groups -OCH3 is 1. The molecule has 1 aliphatic heterocycles. The van der Waals surface area contributed by atoms with Crippen LogP contribution in [0.3, 0.4) is 0 Å². The number of benzene rings is 2. The molecule has 7 nitrogen and oxygen atoms in total. The summed E-state index contributed by atoms with van der Waals surface area (Å²) in [6, 6.07) is 14.6. The molecule has 1 atom stereocenters. The summed E-state index contributed by atoms with van der Waals surface area (Å²) < 4.78 is 20.1.